The third-order valence-corrected chi connectivity index (χ3v) is 3.55. The number of hydrogen-bond donors (Lipinski definition) is 0. The largest absolute Gasteiger partial charge is 0.365 e. The van der Waals surface area contributed by atoms with Crippen molar-refractivity contribution >= 4 is 5.69 Å². The number of anilines is 1. The molecule has 0 bridgehead atoms. The molecule has 0 spiro atoms. The number of halogens is 1. The Bertz CT molecular complexity index is 510. The van der Waals surface area contributed by atoms with Crippen molar-refractivity contribution < 1.29 is 4.39 Å². The van der Waals surface area contributed by atoms with Gasteiger partial charge in [0.25, 0.3) is 0 Å². The van der Waals surface area contributed by atoms with Crippen molar-refractivity contribution in [3.8, 4) is 0 Å². The SMILES string of the molecule is CCCCN(c1ccc(F)cc1)C(C)c1cccnc1. The molecule has 0 N–H and O–H groups in total. The van der Waals surface area contributed by atoms with Crippen LogP contribution in [-0.4, -0.2) is 11.5 Å². The van der Waals surface area contributed by atoms with Gasteiger partial charge in [0.05, 0.1) is 6.04 Å². The van der Waals surface area contributed by atoms with Crippen LogP contribution < -0.4 is 4.90 Å². The lowest BCUT2D eigenvalue weighted by Crippen LogP contribution is -2.28. The zero-order valence-electron chi connectivity index (χ0n) is 12.1. The van der Waals surface area contributed by atoms with E-state index in [9.17, 15) is 4.39 Å². The standard InChI is InChI=1S/C17H21FN2/c1-3-4-12-20(17-9-7-16(18)8-10-17)14(2)15-6-5-11-19-13-15/h5-11,13-14H,3-4,12H2,1-2H3. The highest BCUT2D eigenvalue weighted by atomic mass is 19.1. The first-order valence-corrected chi connectivity index (χ1v) is 7.14. The van der Waals surface area contributed by atoms with E-state index in [1.165, 1.54) is 17.7 Å². The van der Waals surface area contributed by atoms with Gasteiger partial charge in [-0.25, -0.2) is 4.39 Å². The maximum Gasteiger partial charge on any atom is 0.123 e. The predicted molar refractivity (Wildman–Crippen MR) is 81.3 cm³/mol. The topological polar surface area (TPSA) is 16.1 Å². The molecule has 2 nitrogen and oxygen atoms in total. The van der Waals surface area contributed by atoms with Gasteiger partial charge in [0.1, 0.15) is 5.82 Å². The van der Waals surface area contributed by atoms with Crippen LogP contribution in [0.5, 0.6) is 0 Å². The molecule has 0 saturated carbocycles. The van der Waals surface area contributed by atoms with E-state index in [2.05, 4.69) is 29.8 Å². The van der Waals surface area contributed by atoms with Crippen molar-refractivity contribution in [3.63, 3.8) is 0 Å². The van der Waals surface area contributed by atoms with Gasteiger partial charge in [-0.05, 0) is 49.2 Å². The van der Waals surface area contributed by atoms with E-state index in [1.807, 2.05) is 24.4 Å². The summed E-state index contributed by atoms with van der Waals surface area (Å²) < 4.78 is 13.1. The van der Waals surface area contributed by atoms with Gasteiger partial charge in [-0.3, -0.25) is 4.98 Å². The second-order valence-corrected chi connectivity index (χ2v) is 4.99. The lowest BCUT2D eigenvalue weighted by molar-refractivity contribution is 0.620. The third-order valence-electron chi connectivity index (χ3n) is 3.55. The Labute approximate surface area is 120 Å². The summed E-state index contributed by atoms with van der Waals surface area (Å²) in [6.45, 7) is 5.30. The minimum absolute atomic E-state index is 0.196. The minimum Gasteiger partial charge on any atom is -0.365 e. The van der Waals surface area contributed by atoms with Gasteiger partial charge < -0.3 is 4.90 Å². The number of nitrogens with zero attached hydrogens (tertiary/aromatic N) is 2. The van der Waals surface area contributed by atoms with Crippen LogP contribution in [0.4, 0.5) is 10.1 Å². The van der Waals surface area contributed by atoms with Gasteiger partial charge in [-0.1, -0.05) is 19.4 Å². The Kier molecular flexibility index (Phi) is 5.10. The van der Waals surface area contributed by atoms with E-state index in [0.29, 0.717) is 0 Å². The lowest BCUT2D eigenvalue weighted by Gasteiger charge is -2.31. The molecule has 0 fully saturated rings. The molecule has 2 aromatic rings. The molecule has 1 aromatic heterocycles. The average molecular weight is 272 g/mol. The van der Waals surface area contributed by atoms with Crippen molar-refractivity contribution in [2.75, 3.05) is 11.4 Å². The Morgan fingerprint density at radius 3 is 2.55 bits per heavy atom. The molecule has 3 heteroatoms. The van der Waals surface area contributed by atoms with Crippen LogP contribution in [0, 0.1) is 5.82 Å². The van der Waals surface area contributed by atoms with Crippen LogP contribution in [0.25, 0.3) is 0 Å². The zero-order valence-corrected chi connectivity index (χ0v) is 12.1. The second kappa shape index (κ2) is 7.04. The average Bonchev–Trinajstić information content (AvgIpc) is 2.50. The molecular formula is C17H21FN2. The normalized spacial score (nSPS) is 12.2. The Morgan fingerprint density at radius 2 is 1.95 bits per heavy atom. The molecule has 1 aromatic carbocycles. The van der Waals surface area contributed by atoms with Crippen LogP contribution in [0.3, 0.4) is 0 Å². The molecule has 20 heavy (non-hydrogen) atoms. The zero-order chi connectivity index (χ0) is 14.4. The first-order valence-electron chi connectivity index (χ1n) is 7.14. The summed E-state index contributed by atoms with van der Waals surface area (Å²) in [5, 5.41) is 0. The van der Waals surface area contributed by atoms with Crippen LogP contribution in [0.1, 0.15) is 38.3 Å². The summed E-state index contributed by atoms with van der Waals surface area (Å²) in [5.74, 6) is -0.196. The molecule has 0 aliphatic heterocycles. The second-order valence-electron chi connectivity index (χ2n) is 4.99. The molecule has 1 unspecified atom stereocenters. The number of benzene rings is 1. The molecule has 0 amide bonds. The Morgan fingerprint density at radius 1 is 1.20 bits per heavy atom. The van der Waals surface area contributed by atoms with Crippen LogP contribution in [0.2, 0.25) is 0 Å². The fourth-order valence-corrected chi connectivity index (χ4v) is 2.31. The predicted octanol–water partition coefficient (Wildman–Crippen LogP) is 4.59. The van der Waals surface area contributed by atoms with Crippen molar-refractivity contribution in [2.24, 2.45) is 0 Å². The van der Waals surface area contributed by atoms with E-state index >= 15 is 0 Å². The Balaban J connectivity index is 2.25. The molecule has 106 valence electrons. The van der Waals surface area contributed by atoms with E-state index in [4.69, 9.17) is 0 Å². The van der Waals surface area contributed by atoms with E-state index in [1.54, 1.807) is 6.20 Å². The van der Waals surface area contributed by atoms with Gasteiger partial charge in [0.2, 0.25) is 0 Å². The highest BCUT2D eigenvalue weighted by Crippen LogP contribution is 2.27. The van der Waals surface area contributed by atoms with Crippen molar-refractivity contribution in [3.05, 3.63) is 60.2 Å². The molecule has 0 saturated heterocycles. The summed E-state index contributed by atoms with van der Waals surface area (Å²) in [6, 6.07) is 11.0. The maximum absolute atomic E-state index is 13.1. The minimum atomic E-state index is -0.196. The van der Waals surface area contributed by atoms with Gasteiger partial charge in [-0.15, -0.1) is 0 Å². The van der Waals surface area contributed by atoms with Gasteiger partial charge in [0, 0.05) is 24.6 Å². The smallest absolute Gasteiger partial charge is 0.123 e. The molecule has 1 atom stereocenters. The number of rotatable bonds is 6. The van der Waals surface area contributed by atoms with Crippen molar-refractivity contribution in [2.45, 2.75) is 32.7 Å². The highest BCUT2D eigenvalue weighted by Gasteiger charge is 2.16. The quantitative estimate of drug-likeness (QED) is 0.764. The van der Waals surface area contributed by atoms with Gasteiger partial charge in [0.15, 0.2) is 0 Å². The molecule has 2 rings (SSSR count). The number of aromatic nitrogens is 1. The van der Waals surface area contributed by atoms with E-state index < -0.39 is 0 Å². The molecular weight excluding hydrogens is 251 g/mol. The first kappa shape index (κ1) is 14.5. The maximum atomic E-state index is 13.1. The van der Waals surface area contributed by atoms with Crippen LogP contribution in [-0.2, 0) is 0 Å². The molecule has 0 radical (unpaired) electrons. The third kappa shape index (κ3) is 3.56. The summed E-state index contributed by atoms with van der Waals surface area (Å²) >= 11 is 0. The summed E-state index contributed by atoms with van der Waals surface area (Å²) in [7, 11) is 0. The first-order chi connectivity index (χ1) is 9.72. The highest BCUT2D eigenvalue weighted by molar-refractivity contribution is 5.48. The van der Waals surface area contributed by atoms with Gasteiger partial charge in [-0.2, -0.15) is 0 Å². The lowest BCUT2D eigenvalue weighted by atomic mass is 10.1. The number of hydrogen-bond acceptors (Lipinski definition) is 2. The van der Waals surface area contributed by atoms with Crippen LogP contribution in [0.15, 0.2) is 48.8 Å². The molecule has 0 aliphatic carbocycles. The number of unbranched alkanes of at least 4 members (excludes halogenated alkanes) is 1. The monoisotopic (exact) mass is 272 g/mol. The number of pyridine rings is 1. The Hall–Kier alpha value is -1.90. The van der Waals surface area contributed by atoms with E-state index in [-0.39, 0.29) is 11.9 Å². The van der Waals surface area contributed by atoms with Crippen molar-refractivity contribution in [1.29, 1.82) is 0 Å². The fourth-order valence-electron chi connectivity index (χ4n) is 2.31. The molecule has 0 aliphatic rings. The van der Waals surface area contributed by atoms with Crippen LogP contribution >= 0.6 is 0 Å². The van der Waals surface area contributed by atoms with Gasteiger partial charge >= 0.3 is 0 Å². The van der Waals surface area contributed by atoms with Crippen molar-refractivity contribution in [1.82, 2.24) is 4.98 Å². The van der Waals surface area contributed by atoms with E-state index in [0.717, 1.165) is 25.1 Å². The summed E-state index contributed by atoms with van der Waals surface area (Å²) in [6.07, 6.45) is 5.93. The fraction of sp³-hybridized carbons (Fsp3) is 0.353. The molecule has 1 heterocycles. The summed E-state index contributed by atoms with van der Waals surface area (Å²) in [5.41, 5.74) is 2.23. The summed E-state index contributed by atoms with van der Waals surface area (Å²) in [4.78, 5) is 6.50.